The molecule has 1 aliphatic heterocycles. The van der Waals surface area contributed by atoms with Crippen molar-refractivity contribution in [3.05, 3.63) is 69.3 Å². The van der Waals surface area contributed by atoms with Crippen LogP contribution in [0.3, 0.4) is 0 Å². The Morgan fingerprint density at radius 2 is 1.82 bits per heavy atom. The lowest BCUT2D eigenvalue weighted by molar-refractivity contribution is -0.385. The van der Waals surface area contributed by atoms with Crippen LogP contribution < -0.4 is 4.90 Å². The Kier molecular flexibility index (Phi) is 2.93. The highest BCUT2D eigenvalue weighted by molar-refractivity contribution is 6.35. The van der Waals surface area contributed by atoms with Crippen LogP contribution in [0.5, 0.6) is 0 Å². The number of nitro benzene ring substituents is 1. The van der Waals surface area contributed by atoms with Crippen molar-refractivity contribution in [2.24, 2.45) is 0 Å². The Balaban J connectivity index is 2.17. The molecule has 0 spiro atoms. The highest BCUT2D eigenvalue weighted by atomic mass is 16.6. The van der Waals surface area contributed by atoms with E-state index in [1.807, 2.05) is 6.07 Å². The van der Waals surface area contributed by atoms with Crippen LogP contribution in [0.4, 0.5) is 11.4 Å². The zero-order valence-corrected chi connectivity index (χ0v) is 11.0. The van der Waals surface area contributed by atoms with Gasteiger partial charge >= 0.3 is 0 Å². The molecular formula is C15H7N3O4. The van der Waals surface area contributed by atoms with E-state index in [0.717, 1.165) is 4.90 Å². The van der Waals surface area contributed by atoms with Gasteiger partial charge < -0.3 is 0 Å². The number of anilines is 1. The number of nitro groups is 1. The number of amides is 2. The molecule has 0 saturated heterocycles. The Hall–Kier alpha value is -3.53. The summed E-state index contributed by atoms with van der Waals surface area (Å²) in [6.07, 6.45) is 0. The number of rotatable bonds is 2. The number of nitriles is 1. The van der Waals surface area contributed by atoms with Gasteiger partial charge in [0.1, 0.15) is 5.56 Å². The summed E-state index contributed by atoms with van der Waals surface area (Å²) in [6, 6.07) is 11.8. The Bertz CT molecular complexity index is 883. The topological polar surface area (TPSA) is 104 Å². The first-order chi connectivity index (χ1) is 10.5. The van der Waals surface area contributed by atoms with Gasteiger partial charge in [-0.2, -0.15) is 5.26 Å². The third kappa shape index (κ3) is 1.83. The van der Waals surface area contributed by atoms with Crippen molar-refractivity contribution in [2.45, 2.75) is 0 Å². The molecule has 7 nitrogen and oxygen atoms in total. The number of hydrogen-bond acceptors (Lipinski definition) is 5. The molecule has 1 heterocycles. The molecule has 106 valence electrons. The van der Waals surface area contributed by atoms with Gasteiger partial charge in [0, 0.05) is 6.07 Å². The highest BCUT2D eigenvalue weighted by Gasteiger charge is 2.41. The zero-order valence-electron chi connectivity index (χ0n) is 11.0. The quantitative estimate of drug-likeness (QED) is 0.480. The van der Waals surface area contributed by atoms with Gasteiger partial charge in [-0.1, -0.05) is 12.1 Å². The van der Waals surface area contributed by atoms with Crippen molar-refractivity contribution in [2.75, 3.05) is 4.90 Å². The summed E-state index contributed by atoms with van der Waals surface area (Å²) >= 11 is 0. The summed E-state index contributed by atoms with van der Waals surface area (Å²) in [6.45, 7) is 0. The van der Waals surface area contributed by atoms with Gasteiger partial charge in [0.05, 0.1) is 27.8 Å². The molecule has 1 aliphatic rings. The molecule has 0 saturated carbocycles. The van der Waals surface area contributed by atoms with Gasteiger partial charge in [0.2, 0.25) is 0 Å². The van der Waals surface area contributed by atoms with Crippen molar-refractivity contribution in [3.63, 3.8) is 0 Å². The first kappa shape index (κ1) is 13.5. The average Bonchev–Trinajstić information content (AvgIpc) is 2.79. The molecule has 0 aliphatic carbocycles. The summed E-state index contributed by atoms with van der Waals surface area (Å²) < 4.78 is 0. The van der Waals surface area contributed by atoms with E-state index in [1.165, 1.54) is 42.5 Å². The molecule has 0 bridgehead atoms. The lowest BCUT2D eigenvalue weighted by Crippen LogP contribution is -2.29. The fourth-order valence-electron chi connectivity index (χ4n) is 2.37. The van der Waals surface area contributed by atoms with Crippen LogP contribution in [0.15, 0.2) is 42.5 Å². The highest BCUT2D eigenvalue weighted by Crippen LogP contribution is 2.33. The van der Waals surface area contributed by atoms with Crippen LogP contribution in [0.25, 0.3) is 0 Å². The standard InChI is InChI=1S/C15H7N3O4/c16-8-9-3-1-4-10(7-9)17-14(19)11-5-2-6-12(18(21)22)13(11)15(17)20/h1-7H. The summed E-state index contributed by atoms with van der Waals surface area (Å²) in [5.41, 5.74) is -0.153. The largest absolute Gasteiger partial charge is 0.283 e. The third-order valence-corrected chi connectivity index (χ3v) is 3.32. The molecule has 2 aromatic carbocycles. The number of nitrogens with zero attached hydrogens (tertiary/aromatic N) is 3. The smallest absolute Gasteiger partial charge is 0.268 e. The molecule has 3 rings (SSSR count). The summed E-state index contributed by atoms with van der Waals surface area (Å²) in [7, 11) is 0. The van der Waals surface area contributed by atoms with E-state index >= 15 is 0 Å². The minimum Gasteiger partial charge on any atom is -0.268 e. The van der Waals surface area contributed by atoms with E-state index < -0.39 is 22.4 Å². The van der Waals surface area contributed by atoms with Crippen molar-refractivity contribution in [1.82, 2.24) is 0 Å². The molecule has 2 amide bonds. The molecule has 0 aromatic heterocycles. The van der Waals surface area contributed by atoms with E-state index in [9.17, 15) is 19.7 Å². The van der Waals surface area contributed by atoms with E-state index in [2.05, 4.69) is 0 Å². The monoisotopic (exact) mass is 293 g/mol. The number of hydrogen-bond donors (Lipinski definition) is 0. The molecule has 7 heteroatoms. The second-order valence-electron chi connectivity index (χ2n) is 4.56. The predicted octanol–water partition coefficient (Wildman–Crippen LogP) is 2.27. The molecule has 0 unspecified atom stereocenters. The van der Waals surface area contributed by atoms with Crippen LogP contribution in [0.1, 0.15) is 26.3 Å². The molecular weight excluding hydrogens is 286 g/mol. The normalized spacial score (nSPS) is 13.0. The molecule has 0 N–H and O–H groups in total. The average molecular weight is 293 g/mol. The van der Waals surface area contributed by atoms with Crippen molar-refractivity contribution in [3.8, 4) is 6.07 Å². The molecule has 0 fully saturated rings. The Morgan fingerprint density at radius 3 is 2.50 bits per heavy atom. The third-order valence-electron chi connectivity index (χ3n) is 3.32. The number of benzene rings is 2. The van der Waals surface area contributed by atoms with Crippen LogP contribution in [0.2, 0.25) is 0 Å². The van der Waals surface area contributed by atoms with E-state index in [-0.39, 0.29) is 22.4 Å². The van der Waals surface area contributed by atoms with Gasteiger partial charge in [0.15, 0.2) is 0 Å². The van der Waals surface area contributed by atoms with Crippen molar-refractivity contribution >= 4 is 23.2 Å². The predicted molar refractivity (Wildman–Crippen MR) is 75.4 cm³/mol. The Labute approximate surface area is 124 Å². The van der Waals surface area contributed by atoms with Gasteiger partial charge in [-0.15, -0.1) is 0 Å². The number of carbonyl (C=O) groups excluding carboxylic acids is 2. The summed E-state index contributed by atoms with van der Waals surface area (Å²) in [4.78, 5) is 36.0. The molecule has 22 heavy (non-hydrogen) atoms. The zero-order chi connectivity index (χ0) is 15.9. The number of carbonyl (C=O) groups is 2. The fraction of sp³-hybridized carbons (Fsp3) is 0. The fourth-order valence-corrected chi connectivity index (χ4v) is 2.37. The van der Waals surface area contributed by atoms with Crippen LogP contribution in [-0.4, -0.2) is 16.7 Å². The van der Waals surface area contributed by atoms with Crippen LogP contribution in [0, 0.1) is 21.4 Å². The SMILES string of the molecule is N#Cc1cccc(N2C(=O)c3cccc([N+](=O)[O-])c3C2=O)c1. The Morgan fingerprint density at radius 1 is 1.09 bits per heavy atom. The number of imide groups is 1. The second-order valence-corrected chi connectivity index (χ2v) is 4.56. The summed E-state index contributed by atoms with van der Waals surface area (Å²) in [5.74, 6) is -1.40. The minimum atomic E-state index is -0.762. The molecule has 2 aromatic rings. The maximum atomic E-state index is 12.5. The minimum absolute atomic E-state index is 0.0124. The van der Waals surface area contributed by atoms with Crippen LogP contribution in [-0.2, 0) is 0 Å². The molecule has 0 atom stereocenters. The van der Waals surface area contributed by atoms with E-state index in [1.54, 1.807) is 0 Å². The first-order valence-electron chi connectivity index (χ1n) is 6.21. The number of fused-ring (bicyclic) bond motifs is 1. The maximum Gasteiger partial charge on any atom is 0.283 e. The van der Waals surface area contributed by atoms with E-state index in [4.69, 9.17) is 5.26 Å². The maximum absolute atomic E-state index is 12.5. The summed E-state index contributed by atoms with van der Waals surface area (Å²) in [5, 5.41) is 19.9. The van der Waals surface area contributed by atoms with Crippen LogP contribution >= 0.6 is 0 Å². The van der Waals surface area contributed by atoms with Gasteiger partial charge in [0.25, 0.3) is 17.5 Å². The lowest BCUT2D eigenvalue weighted by atomic mass is 10.1. The van der Waals surface area contributed by atoms with Crippen molar-refractivity contribution < 1.29 is 14.5 Å². The van der Waals surface area contributed by atoms with Crippen molar-refractivity contribution in [1.29, 1.82) is 5.26 Å². The first-order valence-corrected chi connectivity index (χ1v) is 6.21. The van der Waals surface area contributed by atoms with E-state index in [0.29, 0.717) is 0 Å². The van der Waals surface area contributed by atoms with Gasteiger partial charge in [-0.05, 0) is 24.3 Å². The molecule has 0 radical (unpaired) electrons. The lowest BCUT2D eigenvalue weighted by Gasteiger charge is -2.13. The van der Waals surface area contributed by atoms with Gasteiger partial charge in [-0.3, -0.25) is 19.7 Å². The second kappa shape index (κ2) is 4.79. The van der Waals surface area contributed by atoms with Gasteiger partial charge in [-0.25, -0.2) is 4.90 Å².